The van der Waals surface area contributed by atoms with E-state index in [9.17, 15) is 14.4 Å². The van der Waals surface area contributed by atoms with Crippen LogP contribution in [0.1, 0.15) is 22.7 Å². The molecule has 0 aliphatic heterocycles. The Morgan fingerprint density at radius 2 is 2.18 bits per heavy atom. The Labute approximate surface area is 131 Å². The van der Waals surface area contributed by atoms with Crippen molar-refractivity contribution in [2.45, 2.75) is 33.2 Å². The molecular formula is C14H18N4O3S. The first-order chi connectivity index (χ1) is 10.5. The minimum Gasteiger partial charge on any atom is -0.355 e. The van der Waals surface area contributed by atoms with Crippen LogP contribution in [0.15, 0.2) is 21.2 Å². The van der Waals surface area contributed by atoms with Gasteiger partial charge >= 0.3 is 5.69 Å². The Morgan fingerprint density at radius 1 is 1.41 bits per heavy atom. The third-order valence-electron chi connectivity index (χ3n) is 3.06. The number of thiazole rings is 1. The number of aromatic amines is 1. The summed E-state index contributed by atoms with van der Waals surface area (Å²) in [7, 11) is 0. The van der Waals surface area contributed by atoms with Gasteiger partial charge in [-0.3, -0.25) is 19.1 Å². The highest BCUT2D eigenvalue weighted by Gasteiger charge is 2.06. The second-order valence-corrected chi connectivity index (χ2v) is 5.98. The zero-order chi connectivity index (χ0) is 16.1. The van der Waals surface area contributed by atoms with Crippen molar-refractivity contribution in [2.75, 3.05) is 6.54 Å². The molecule has 1 amide bonds. The Morgan fingerprint density at radius 3 is 2.86 bits per heavy atom. The third kappa shape index (κ3) is 4.39. The molecule has 0 bridgehead atoms. The molecule has 7 nitrogen and oxygen atoms in total. The Hall–Kier alpha value is -2.22. The number of H-pyrrole nitrogens is 1. The van der Waals surface area contributed by atoms with Gasteiger partial charge in [-0.1, -0.05) is 0 Å². The predicted molar refractivity (Wildman–Crippen MR) is 84.2 cm³/mol. The lowest BCUT2D eigenvalue weighted by Gasteiger charge is -2.07. The van der Waals surface area contributed by atoms with E-state index in [2.05, 4.69) is 15.3 Å². The van der Waals surface area contributed by atoms with Crippen LogP contribution in [0.5, 0.6) is 0 Å². The van der Waals surface area contributed by atoms with Gasteiger partial charge in [-0.25, -0.2) is 9.78 Å². The van der Waals surface area contributed by atoms with E-state index in [0.717, 1.165) is 23.5 Å². The minimum atomic E-state index is -0.580. The molecule has 0 saturated carbocycles. The lowest BCUT2D eigenvalue weighted by Crippen LogP contribution is -2.36. The number of nitrogens with zero attached hydrogens (tertiary/aromatic N) is 2. The van der Waals surface area contributed by atoms with Crippen molar-refractivity contribution in [3.05, 3.63) is 48.7 Å². The number of amides is 1. The van der Waals surface area contributed by atoms with E-state index in [4.69, 9.17) is 0 Å². The third-order valence-corrected chi connectivity index (χ3v) is 4.09. The first-order valence-electron chi connectivity index (χ1n) is 6.94. The zero-order valence-electron chi connectivity index (χ0n) is 12.5. The molecule has 8 heteroatoms. The number of aryl methyl sites for hydroxylation is 3. The van der Waals surface area contributed by atoms with Crippen molar-refractivity contribution in [3.63, 3.8) is 0 Å². The molecule has 0 aromatic carbocycles. The van der Waals surface area contributed by atoms with Gasteiger partial charge in [0, 0.05) is 35.8 Å². The molecule has 118 valence electrons. The molecule has 2 aromatic rings. The van der Waals surface area contributed by atoms with E-state index in [1.165, 1.54) is 10.8 Å². The van der Waals surface area contributed by atoms with Gasteiger partial charge in [-0.2, -0.15) is 0 Å². The summed E-state index contributed by atoms with van der Waals surface area (Å²) in [5, 5.41) is 5.81. The topological polar surface area (TPSA) is 96.9 Å². The van der Waals surface area contributed by atoms with Crippen molar-refractivity contribution in [2.24, 2.45) is 0 Å². The van der Waals surface area contributed by atoms with E-state index in [0.29, 0.717) is 12.1 Å². The Kier molecular flexibility index (Phi) is 5.26. The summed E-state index contributed by atoms with van der Waals surface area (Å²) >= 11 is 1.61. The molecular weight excluding hydrogens is 304 g/mol. The lowest BCUT2D eigenvalue weighted by atomic mass is 10.3. The van der Waals surface area contributed by atoms with Crippen LogP contribution < -0.4 is 16.6 Å². The van der Waals surface area contributed by atoms with Crippen LogP contribution in [-0.2, 0) is 17.8 Å². The molecule has 0 aliphatic rings. The smallest absolute Gasteiger partial charge is 0.328 e. The molecule has 2 rings (SSSR count). The summed E-state index contributed by atoms with van der Waals surface area (Å²) in [5.74, 6) is -0.260. The normalized spacial score (nSPS) is 10.6. The van der Waals surface area contributed by atoms with Gasteiger partial charge in [0.05, 0.1) is 5.01 Å². The van der Waals surface area contributed by atoms with Crippen molar-refractivity contribution >= 4 is 17.2 Å². The van der Waals surface area contributed by atoms with Gasteiger partial charge in [0.2, 0.25) is 5.91 Å². The van der Waals surface area contributed by atoms with Gasteiger partial charge in [0.15, 0.2) is 0 Å². The van der Waals surface area contributed by atoms with Crippen LogP contribution in [0, 0.1) is 13.8 Å². The summed E-state index contributed by atoms with van der Waals surface area (Å²) in [5.41, 5.74) is 0.396. The molecule has 2 heterocycles. The summed E-state index contributed by atoms with van der Waals surface area (Å²) in [6, 6.07) is 0. The number of carbonyl (C=O) groups excluding carboxylic acids is 1. The fraction of sp³-hybridized carbons (Fsp3) is 0.429. The van der Waals surface area contributed by atoms with Crippen molar-refractivity contribution < 1.29 is 4.79 Å². The number of nitrogens with one attached hydrogen (secondary N) is 2. The van der Waals surface area contributed by atoms with Gasteiger partial charge in [-0.15, -0.1) is 11.3 Å². The SMILES string of the molecule is Cc1csc(CCCNC(=O)Cn2cc(C)c(=O)[nH]c2=O)n1. The highest BCUT2D eigenvalue weighted by atomic mass is 32.1. The van der Waals surface area contributed by atoms with Crippen molar-refractivity contribution in [1.82, 2.24) is 19.9 Å². The van der Waals surface area contributed by atoms with Crippen LogP contribution in [0.4, 0.5) is 0 Å². The molecule has 22 heavy (non-hydrogen) atoms. The molecule has 0 saturated heterocycles. The number of rotatable bonds is 6. The molecule has 2 N–H and O–H groups in total. The highest BCUT2D eigenvalue weighted by molar-refractivity contribution is 7.09. The van der Waals surface area contributed by atoms with E-state index in [1.54, 1.807) is 18.3 Å². The first-order valence-corrected chi connectivity index (χ1v) is 7.82. The van der Waals surface area contributed by atoms with Crippen LogP contribution >= 0.6 is 11.3 Å². The fourth-order valence-electron chi connectivity index (χ4n) is 1.93. The summed E-state index contributed by atoms with van der Waals surface area (Å²) in [6.07, 6.45) is 2.99. The van der Waals surface area contributed by atoms with Crippen molar-refractivity contribution in [3.8, 4) is 0 Å². The molecule has 0 radical (unpaired) electrons. The number of hydrogen-bond donors (Lipinski definition) is 2. The van der Waals surface area contributed by atoms with E-state index < -0.39 is 11.2 Å². The summed E-state index contributed by atoms with van der Waals surface area (Å²) in [6.45, 7) is 3.95. The van der Waals surface area contributed by atoms with Gasteiger partial charge in [0.1, 0.15) is 6.54 Å². The Bertz CT molecular complexity index is 775. The Balaban J connectivity index is 1.80. The molecule has 0 aliphatic carbocycles. The maximum Gasteiger partial charge on any atom is 0.328 e. The van der Waals surface area contributed by atoms with Gasteiger partial charge in [-0.05, 0) is 20.3 Å². The molecule has 2 aromatic heterocycles. The number of hydrogen-bond acceptors (Lipinski definition) is 5. The quantitative estimate of drug-likeness (QED) is 0.750. The summed E-state index contributed by atoms with van der Waals surface area (Å²) in [4.78, 5) is 41.1. The van der Waals surface area contributed by atoms with Crippen LogP contribution in [-0.4, -0.2) is 27.0 Å². The van der Waals surface area contributed by atoms with Crippen LogP contribution in [0.2, 0.25) is 0 Å². The predicted octanol–water partition coefficient (Wildman–Crippen LogP) is 0.359. The molecule has 0 atom stereocenters. The average Bonchev–Trinajstić information content (AvgIpc) is 2.87. The maximum atomic E-state index is 11.8. The molecule has 0 fully saturated rings. The maximum absolute atomic E-state index is 11.8. The van der Waals surface area contributed by atoms with Crippen LogP contribution in [0.3, 0.4) is 0 Å². The van der Waals surface area contributed by atoms with Crippen molar-refractivity contribution in [1.29, 1.82) is 0 Å². The highest BCUT2D eigenvalue weighted by Crippen LogP contribution is 2.10. The number of carbonyl (C=O) groups is 1. The molecule has 0 spiro atoms. The fourth-order valence-corrected chi connectivity index (χ4v) is 2.75. The van der Waals surface area contributed by atoms with E-state index in [-0.39, 0.29) is 12.5 Å². The number of aromatic nitrogens is 3. The summed E-state index contributed by atoms with van der Waals surface area (Å²) < 4.78 is 1.19. The standard InChI is InChI=1S/C14H18N4O3S/c1-9-6-18(14(21)17-13(9)20)7-11(19)15-5-3-4-12-16-10(2)8-22-12/h6,8H,3-5,7H2,1-2H3,(H,15,19)(H,17,20,21). The first kappa shape index (κ1) is 16.2. The average molecular weight is 322 g/mol. The largest absolute Gasteiger partial charge is 0.355 e. The minimum absolute atomic E-state index is 0.104. The van der Waals surface area contributed by atoms with E-state index in [1.807, 2.05) is 12.3 Å². The van der Waals surface area contributed by atoms with Gasteiger partial charge < -0.3 is 5.32 Å². The second kappa shape index (κ2) is 7.17. The lowest BCUT2D eigenvalue weighted by molar-refractivity contribution is -0.121. The van der Waals surface area contributed by atoms with Crippen LogP contribution in [0.25, 0.3) is 0 Å². The second-order valence-electron chi connectivity index (χ2n) is 5.04. The zero-order valence-corrected chi connectivity index (χ0v) is 13.3. The van der Waals surface area contributed by atoms with E-state index >= 15 is 0 Å². The molecule has 0 unspecified atom stereocenters. The monoisotopic (exact) mass is 322 g/mol. The van der Waals surface area contributed by atoms with Gasteiger partial charge in [0.25, 0.3) is 5.56 Å².